The van der Waals surface area contributed by atoms with Crippen LogP contribution in [-0.4, -0.2) is 25.5 Å². The summed E-state index contributed by atoms with van der Waals surface area (Å²) >= 11 is 3.24. The van der Waals surface area contributed by atoms with E-state index in [2.05, 4.69) is 20.7 Å². The van der Waals surface area contributed by atoms with Crippen LogP contribution < -0.4 is 4.72 Å². The van der Waals surface area contributed by atoms with Gasteiger partial charge in [0.25, 0.3) is 0 Å². The molecule has 0 aromatic heterocycles. The van der Waals surface area contributed by atoms with Crippen molar-refractivity contribution in [3.8, 4) is 0 Å². The Labute approximate surface area is 133 Å². The average molecular weight is 378 g/mol. The first-order valence-electron chi connectivity index (χ1n) is 6.49. The molecule has 0 aliphatic carbocycles. The van der Waals surface area contributed by atoms with E-state index in [4.69, 9.17) is 5.11 Å². The zero-order chi connectivity index (χ0) is 16.3. The van der Waals surface area contributed by atoms with Crippen molar-refractivity contribution >= 4 is 31.9 Å². The third kappa shape index (κ3) is 6.58. The molecule has 0 amide bonds. The molecule has 0 saturated heterocycles. The molecule has 7 heteroatoms. The summed E-state index contributed by atoms with van der Waals surface area (Å²) in [6.07, 6.45) is 0.197. The summed E-state index contributed by atoms with van der Waals surface area (Å²) in [6, 6.07) is 5.56. The third-order valence-corrected chi connectivity index (χ3v) is 4.79. The van der Waals surface area contributed by atoms with E-state index in [0.29, 0.717) is 6.42 Å². The van der Waals surface area contributed by atoms with Crippen LogP contribution in [0.5, 0.6) is 0 Å². The van der Waals surface area contributed by atoms with Gasteiger partial charge in [-0.1, -0.05) is 36.7 Å². The Balaban J connectivity index is 2.95. The maximum atomic E-state index is 12.3. The number of aliphatic carboxylic acids is 1. The number of halogens is 1. The molecule has 0 saturated carbocycles. The number of benzene rings is 1. The molecule has 0 spiro atoms. The van der Waals surface area contributed by atoms with E-state index in [1.54, 1.807) is 12.1 Å². The lowest BCUT2D eigenvalue weighted by molar-refractivity contribution is -0.137. The van der Waals surface area contributed by atoms with Gasteiger partial charge in [0.15, 0.2) is 0 Å². The predicted octanol–water partition coefficient (Wildman–Crippen LogP) is 3.01. The Morgan fingerprint density at radius 1 is 1.29 bits per heavy atom. The van der Waals surface area contributed by atoms with E-state index >= 15 is 0 Å². The number of sulfonamides is 1. The summed E-state index contributed by atoms with van der Waals surface area (Å²) in [5.41, 5.74) is -0.178. The fourth-order valence-electron chi connectivity index (χ4n) is 2.01. The summed E-state index contributed by atoms with van der Waals surface area (Å²) in [6.45, 7) is 5.82. The van der Waals surface area contributed by atoms with Crippen LogP contribution in [0.3, 0.4) is 0 Å². The summed E-state index contributed by atoms with van der Waals surface area (Å²) in [5, 5.41) is 8.94. The average Bonchev–Trinajstić information content (AvgIpc) is 2.25. The van der Waals surface area contributed by atoms with Crippen molar-refractivity contribution in [2.45, 2.75) is 44.6 Å². The largest absolute Gasteiger partial charge is 0.481 e. The quantitative estimate of drug-likeness (QED) is 0.797. The predicted molar refractivity (Wildman–Crippen MR) is 84.6 cm³/mol. The van der Waals surface area contributed by atoms with Gasteiger partial charge < -0.3 is 5.11 Å². The van der Waals surface area contributed by atoms with Gasteiger partial charge in [0.2, 0.25) is 10.0 Å². The number of hydrogen-bond acceptors (Lipinski definition) is 3. The first-order valence-corrected chi connectivity index (χ1v) is 8.77. The fraction of sp³-hybridized carbons (Fsp3) is 0.500. The number of carboxylic acid groups (broad SMARTS) is 1. The number of hydrogen-bond donors (Lipinski definition) is 2. The standard InChI is InChI=1S/C14H20BrNO4S/c1-14(2,3)9-11(8-13(17)18)16-21(19,20)12-6-4-10(15)5-7-12/h4-7,11,16H,8-9H2,1-3H3,(H,17,18). The first kappa shape index (κ1) is 18.1. The lowest BCUT2D eigenvalue weighted by atomic mass is 9.87. The van der Waals surface area contributed by atoms with Gasteiger partial charge >= 0.3 is 5.97 Å². The first-order chi connectivity index (χ1) is 9.49. The molecule has 1 aromatic rings. The van der Waals surface area contributed by atoms with E-state index in [9.17, 15) is 13.2 Å². The van der Waals surface area contributed by atoms with Crippen LogP contribution in [0.4, 0.5) is 0 Å². The summed E-state index contributed by atoms with van der Waals surface area (Å²) in [5.74, 6) is -1.03. The fourth-order valence-corrected chi connectivity index (χ4v) is 3.51. The van der Waals surface area contributed by atoms with Crippen LogP contribution in [0, 0.1) is 5.41 Å². The number of nitrogens with one attached hydrogen (secondary N) is 1. The van der Waals surface area contributed by atoms with Crippen molar-refractivity contribution in [1.82, 2.24) is 4.72 Å². The summed E-state index contributed by atoms with van der Waals surface area (Å²) < 4.78 is 27.9. The lowest BCUT2D eigenvalue weighted by Gasteiger charge is -2.25. The van der Waals surface area contributed by atoms with Crippen molar-refractivity contribution in [2.24, 2.45) is 5.41 Å². The number of rotatable bonds is 6. The molecule has 1 rings (SSSR count). The molecular formula is C14H20BrNO4S. The Morgan fingerprint density at radius 3 is 2.24 bits per heavy atom. The second kappa shape index (κ2) is 6.89. The molecule has 0 heterocycles. The van der Waals surface area contributed by atoms with Gasteiger partial charge in [-0.3, -0.25) is 4.79 Å². The molecule has 1 unspecified atom stereocenters. The number of carbonyl (C=O) groups is 1. The van der Waals surface area contributed by atoms with Crippen molar-refractivity contribution in [3.63, 3.8) is 0 Å². The second-order valence-corrected chi connectivity index (χ2v) is 8.76. The zero-order valence-electron chi connectivity index (χ0n) is 12.3. The molecule has 0 aliphatic heterocycles. The molecular weight excluding hydrogens is 358 g/mol. The van der Waals surface area contributed by atoms with Gasteiger partial charge in [-0.25, -0.2) is 13.1 Å². The molecule has 0 bridgehead atoms. The van der Waals surface area contributed by atoms with Gasteiger partial charge in [0.1, 0.15) is 0 Å². The van der Waals surface area contributed by atoms with Gasteiger partial charge in [0.05, 0.1) is 11.3 Å². The van der Waals surface area contributed by atoms with E-state index in [1.807, 2.05) is 20.8 Å². The highest BCUT2D eigenvalue weighted by molar-refractivity contribution is 9.10. The minimum absolute atomic E-state index is 0.120. The molecule has 0 fully saturated rings. The molecule has 1 atom stereocenters. The minimum atomic E-state index is -3.73. The normalized spacial score (nSPS) is 13.9. The van der Waals surface area contributed by atoms with Crippen LogP contribution in [0.1, 0.15) is 33.6 Å². The number of carboxylic acids is 1. The van der Waals surface area contributed by atoms with E-state index in [1.165, 1.54) is 12.1 Å². The maximum absolute atomic E-state index is 12.3. The molecule has 118 valence electrons. The smallest absolute Gasteiger partial charge is 0.304 e. The minimum Gasteiger partial charge on any atom is -0.481 e. The van der Waals surface area contributed by atoms with Crippen molar-refractivity contribution in [1.29, 1.82) is 0 Å². The van der Waals surface area contributed by atoms with E-state index in [-0.39, 0.29) is 16.7 Å². The zero-order valence-corrected chi connectivity index (χ0v) is 14.7. The monoisotopic (exact) mass is 377 g/mol. The van der Waals surface area contributed by atoms with Gasteiger partial charge in [0, 0.05) is 10.5 Å². The lowest BCUT2D eigenvalue weighted by Crippen LogP contribution is -2.39. The topological polar surface area (TPSA) is 83.5 Å². The van der Waals surface area contributed by atoms with Gasteiger partial charge in [-0.05, 0) is 36.1 Å². The highest BCUT2D eigenvalue weighted by Crippen LogP contribution is 2.24. The van der Waals surface area contributed by atoms with Gasteiger partial charge in [-0.15, -0.1) is 0 Å². The van der Waals surface area contributed by atoms with E-state index < -0.39 is 22.0 Å². The molecule has 0 radical (unpaired) electrons. The Bertz CT molecular complexity index is 590. The van der Waals surface area contributed by atoms with Crippen molar-refractivity contribution < 1.29 is 18.3 Å². The molecule has 2 N–H and O–H groups in total. The van der Waals surface area contributed by atoms with E-state index in [0.717, 1.165) is 4.47 Å². The molecule has 1 aromatic carbocycles. The SMILES string of the molecule is CC(C)(C)CC(CC(=O)O)NS(=O)(=O)c1ccc(Br)cc1. The van der Waals surface area contributed by atoms with Crippen LogP contribution >= 0.6 is 15.9 Å². The molecule has 0 aliphatic rings. The van der Waals surface area contributed by atoms with Crippen LogP contribution in [0.25, 0.3) is 0 Å². The van der Waals surface area contributed by atoms with Crippen molar-refractivity contribution in [3.05, 3.63) is 28.7 Å². The molecule has 5 nitrogen and oxygen atoms in total. The van der Waals surface area contributed by atoms with Gasteiger partial charge in [-0.2, -0.15) is 0 Å². The van der Waals surface area contributed by atoms with Crippen LogP contribution in [0.2, 0.25) is 0 Å². The Morgan fingerprint density at radius 2 is 1.81 bits per heavy atom. The highest BCUT2D eigenvalue weighted by Gasteiger charge is 2.26. The molecule has 21 heavy (non-hydrogen) atoms. The Kier molecular flexibility index (Phi) is 5.95. The highest BCUT2D eigenvalue weighted by atomic mass is 79.9. The van der Waals surface area contributed by atoms with Crippen LogP contribution in [-0.2, 0) is 14.8 Å². The second-order valence-electron chi connectivity index (χ2n) is 6.13. The maximum Gasteiger partial charge on any atom is 0.304 e. The Hall–Kier alpha value is -0.920. The van der Waals surface area contributed by atoms with Crippen LogP contribution in [0.15, 0.2) is 33.6 Å². The summed E-state index contributed by atoms with van der Waals surface area (Å²) in [4.78, 5) is 11.0. The van der Waals surface area contributed by atoms with Crippen molar-refractivity contribution in [2.75, 3.05) is 0 Å². The summed E-state index contributed by atoms with van der Waals surface area (Å²) in [7, 11) is -3.73. The third-order valence-electron chi connectivity index (χ3n) is 2.73.